The summed E-state index contributed by atoms with van der Waals surface area (Å²) < 4.78 is 0. The molecule has 2 rings (SSSR count). The summed E-state index contributed by atoms with van der Waals surface area (Å²) in [6.07, 6.45) is 0.770. The Kier molecular flexibility index (Phi) is 3.31. The zero-order valence-electron chi connectivity index (χ0n) is 9.64. The highest BCUT2D eigenvalue weighted by molar-refractivity contribution is 7.10. The third-order valence-electron chi connectivity index (χ3n) is 2.50. The smallest absolute Gasteiger partial charge is 0.176 e. The van der Waals surface area contributed by atoms with E-state index in [1.807, 2.05) is 7.05 Å². The monoisotopic (exact) mass is 237 g/mol. The second-order valence-electron chi connectivity index (χ2n) is 3.71. The van der Waals surface area contributed by atoms with Crippen molar-refractivity contribution in [3.05, 3.63) is 27.7 Å². The van der Waals surface area contributed by atoms with Crippen LogP contribution < -0.4 is 5.32 Å². The lowest BCUT2D eigenvalue weighted by Gasteiger charge is -2.13. The van der Waals surface area contributed by atoms with Gasteiger partial charge in [0.2, 0.25) is 0 Å². The summed E-state index contributed by atoms with van der Waals surface area (Å²) in [5.41, 5.74) is 1.31. The molecule has 1 atom stereocenters. The Hall–Kier alpha value is -1.27. The van der Waals surface area contributed by atoms with Gasteiger partial charge in [0.1, 0.15) is 0 Å². The Labute approximate surface area is 98.5 Å². The lowest BCUT2D eigenvalue weighted by Crippen LogP contribution is -2.19. The van der Waals surface area contributed by atoms with Crippen molar-refractivity contribution in [3.8, 4) is 0 Å². The van der Waals surface area contributed by atoms with Gasteiger partial charge in [-0.25, -0.2) is 0 Å². The van der Waals surface area contributed by atoms with Crippen molar-refractivity contribution in [1.29, 1.82) is 0 Å². The molecular weight excluding hydrogens is 222 g/mol. The van der Waals surface area contributed by atoms with Crippen LogP contribution in [0.2, 0.25) is 0 Å². The van der Waals surface area contributed by atoms with Gasteiger partial charge in [-0.3, -0.25) is 0 Å². The van der Waals surface area contributed by atoms with E-state index in [-0.39, 0.29) is 6.04 Å². The summed E-state index contributed by atoms with van der Waals surface area (Å²) in [6.45, 7) is 2.13. The number of hydrogen-bond acceptors (Lipinski definition) is 5. The van der Waals surface area contributed by atoms with E-state index in [1.165, 1.54) is 15.2 Å². The van der Waals surface area contributed by atoms with Crippen LogP contribution in [0.4, 0.5) is 0 Å². The Balaban J connectivity index is 2.15. The second-order valence-corrected chi connectivity index (χ2v) is 4.66. The van der Waals surface area contributed by atoms with Crippen LogP contribution in [-0.4, -0.2) is 27.3 Å². The molecule has 86 valence electrons. The number of nitrogens with zero attached hydrogens (tertiary/aromatic N) is 4. The van der Waals surface area contributed by atoms with Crippen molar-refractivity contribution in [2.75, 3.05) is 7.05 Å². The van der Waals surface area contributed by atoms with Crippen LogP contribution in [0.25, 0.3) is 0 Å². The molecule has 0 spiro atoms. The minimum Gasteiger partial charge on any atom is -0.312 e. The number of aromatic nitrogens is 4. The van der Waals surface area contributed by atoms with Crippen molar-refractivity contribution in [3.63, 3.8) is 0 Å². The van der Waals surface area contributed by atoms with E-state index in [1.54, 1.807) is 18.4 Å². The minimum absolute atomic E-state index is 0.268. The minimum atomic E-state index is 0.268. The molecule has 2 heterocycles. The molecule has 0 aliphatic heterocycles. The molecule has 0 amide bonds. The first kappa shape index (κ1) is 11.2. The predicted octanol–water partition coefficient (Wildman–Crippen LogP) is 1.08. The SMILES string of the molecule is CNC(Cc1nnn(C)n1)c1sccc1C. The summed E-state index contributed by atoms with van der Waals surface area (Å²) >= 11 is 1.76. The molecule has 0 radical (unpaired) electrons. The van der Waals surface area contributed by atoms with Crippen LogP contribution in [-0.2, 0) is 13.5 Å². The Bertz CT molecular complexity index is 461. The molecule has 0 saturated heterocycles. The largest absolute Gasteiger partial charge is 0.312 e. The first-order valence-corrected chi connectivity index (χ1v) is 6.03. The molecule has 0 fully saturated rings. The summed E-state index contributed by atoms with van der Waals surface area (Å²) in [5, 5.41) is 17.5. The molecular formula is C10H15N5S. The van der Waals surface area contributed by atoms with E-state index < -0.39 is 0 Å². The van der Waals surface area contributed by atoms with Crippen LogP contribution in [0.1, 0.15) is 22.3 Å². The first-order chi connectivity index (χ1) is 7.70. The zero-order chi connectivity index (χ0) is 11.5. The van der Waals surface area contributed by atoms with Gasteiger partial charge in [-0.1, -0.05) is 0 Å². The quantitative estimate of drug-likeness (QED) is 0.864. The number of hydrogen-bond donors (Lipinski definition) is 1. The zero-order valence-corrected chi connectivity index (χ0v) is 10.5. The van der Waals surface area contributed by atoms with Crippen LogP contribution in [0, 0.1) is 6.92 Å². The summed E-state index contributed by atoms with van der Waals surface area (Å²) in [5.74, 6) is 0.773. The van der Waals surface area contributed by atoms with Crippen LogP contribution in [0.5, 0.6) is 0 Å². The fraction of sp³-hybridized carbons (Fsp3) is 0.500. The molecule has 0 aliphatic carbocycles. The fourth-order valence-corrected chi connectivity index (χ4v) is 2.69. The average molecular weight is 237 g/mol. The van der Waals surface area contributed by atoms with Crippen molar-refractivity contribution >= 4 is 11.3 Å². The topological polar surface area (TPSA) is 55.6 Å². The van der Waals surface area contributed by atoms with Gasteiger partial charge in [0.15, 0.2) is 5.82 Å². The predicted molar refractivity (Wildman–Crippen MR) is 63.4 cm³/mol. The van der Waals surface area contributed by atoms with Crippen molar-refractivity contribution in [2.45, 2.75) is 19.4 Å². The Morgan fingerprint density at radius 1 is 1.56 bits per heavy atom. The van der Waals surface area contributed by atoms with Crippen LogP contribution in [0.3, 0.4) is 0 Å². The molecule has 0 bridgehead atoms. The highest BCUT2D eigenvalue weighted by atomic mass is 32.1. The van der Waals surface area contributed by atoms with Gasteiger partial charge >= 0.3 is 0 Å². The third-order valence-corrected chi connectivity index (χ3v) is 3.64. The molecule has 16 heavy (non-hydrogen) atoms. The lowest BCUT2D eigenvalue weighted by molar-refractivity contribution is 0.576. The van der Waals surface area contributed by atoms with Gasteiger partial charge in [0.05, 0.1) is 7.05 Å². The van der Waals surface area contributed by atoms with Crippen LogP contribution in [0.15, 0.2) is 11.4 Å². The van der Waals surface area contributed by atoms with Crippen molar-refractivity contribution < 1.29 is 0 Å². The maximum absolute atomic E-state index is 4.20. The van der Waals surface area contributed by atoms with Crippen LogP contribution >= 0.6 is 11.3 Å². The third kappa shape index (κ3) is 2.28. The maximum Gasteiger partial charge on any atom is 0.176 e. The molecule has 5 nitrogen and oxygen atoms in total. The summed E-state index contributed by atoms with van der Waals surface area (Å²) in [7, 11) is 3.74. The highest BCUT2D eigenvalue weighted by Gasteiger charge is 2.16. The lowest BCUT2D eigenvalue weighted by atomic mass is 10.1. The number of thiophene rings is 1. The second kappa shape index (κ2) is 4.71. The van der Waals surface area contributed by atoms with Gasteiger partial charge in [-0.05, 0) is 36.2 Å². The molecule has 1 N–H and O–H groups in total. The van der Waals surface area contributed by atoms with Crippen molar-refractivity contribution in [2.24, 2.45) is 7.05 Å². The molecule has 6 heteroatoms. The van der Waals surface area contributed by atoms with E-state index in [2.05, 4.69) is 39.1 Å². The van der Waals surface area contributed by atoms with E-state index in [9.17, 15) is 0 Å². The van der Waals surface area contributed by atoms with Gasteiger partial charge < -0.3 is 5.32 Å². The maximum atomic E-state index is 4.20. The van der Waals surface area contributed by atoms with E-state index >= 15 is 0 Å². The fourth-order valence-electron chi connectivity index (χ4n) is 1.65. The van der Waals surface area contributed by atoms with E-state index in [0.29, 0.717) is 0 Å². The molecule has 2 aromatic rings. The number of tetrazole rings is 1. The summed E-state index contributed by atoms with van der Waals surface area (Å²) in [4.78, 5) is 2.83. The average Bonchev–Trinajstić information content (AvgIpc) is 2.84. The Morgan fingerprint density at radius 2 is 2.38 bits per heavy atom. The van der Waals surface area contributed by atoms with Gasteiger partial charge in [-0.2, -0.15) is 4.80 Å². The Morgan fingerprint density at radius 3 is 2.88 bits per heavy atom. The van der Waals surface area contributed by atoms with Crippen molar-refractivity contribution in [1.82, 2.24) is 25.5 Å². The van der Waals surface area contributed by atoms with E-state index in [0.717, 1.165) is 12.2 Å². The number of rotatable bonds is 4. The van der Waals surface area contributed by atoms with Gasteiger partial charge in [-0.15, -0.1) is 21.5 Å². The number of nitrogens with one attached hydrogen (secondary N) is 1. The van der Waals surface area contributed by atoms with E-state index in [4.69, 9.17) is 0 Å². The molecule has 0 aliphatic rings. The number of aryl methyl sites for hydroxylation is 2. The molecule has 1 unspecified atom stereocenters. The molecule has 0 aromatic carbocycles. The highest BCUT2D eigenvalue weighted by Crippen LogP contribution is 2.25. The number of likely N-dealkylation sites (N-methyl/N-ethyl adjacent to an activating group) is 1. The molecule has 0 saturated carbocycles. The summed E-state index contributed by atoms with van der Waals surface area (Å²) in [6, 6.07) is 2.40. The first-order valence-electron chi connectivity index (χ1n) is 5.15. The van der Waals surface area contributed by atoms with Gasteiger partial charge in [0, 0.05) is 17.3 Å². The standard InChI is InChI=1S/C10H15N5S/c1-7-4-5-16-10(7)8(11-2)6-9-12-14-15(3)13-9/h4-5,8,11H,6H2,1-3H3. The molecule has 2 aromatic heterocycles. The normalized spacial score (nSPS) is 12.9. The van der Waals surface area contributed by atoms with Gasteiger partial charge in [0.25, 0.3) is 0 Å².